The van der Waals surface area contributed by atoms with E-state index in [9.17, 15) is 0 Å². The Morgan fingerprint density at radius 2 is 2.21 bits per heavy atom. The largest absolute Gasteiger partial charge is 0.381 e. The molecule has 0 aromatic carbocycles. The van der Waals surface area contributed by atoms with Crippen molar-refractivity contribution in [3.8, 4) is 0 Å². The third-order valence-electron chi connectivity index (χ3n) is 2.96. The van der Waals surface area contributed by atoms with E-state index in [1.165, 1.54) is 32.1 Å². The van der Waals surface area contributed by atoms with Crippen LogP contribution in [0.15, 0.2) is 0 Å². The van der Waals surface area contributed by atoms with Gasteiger partial charge >= 0.3 is 0 Å². The maximum Gasteiger partial charge on any atom is 0.0495 e. The van der Waals surface area contributed by atoms with Crippen molar-refractivity contribution in [1.82, 2.24) is 5.32 Å². The summed E-state index contributed by atoms with van der Waals surface area (Å²) in [6.07, 6.45) is 6.43. The van der Waals surface area contributed by atoms with Gasteiger partial charge in [-0.1, -0.05) is 20.3 Å². The van der Waals surface area contributed by atoms with Crippen LogP contribution in [0.1, 0.15) is 46.0 Å². The highest BCUT2D eigenvalue weighted by atomic mass is 16.5. The van der Waals surface area contributed by atoms with Crippen LogP contribution in [-0.2, 0) is 4.74 Å². The lowest BCUT2D eigenvalue weighted by Gasteiger charge is -2.20. The Hall–Kier alpha value is -0.0800. The molecule has 0 saturated carbocycles. The van der Waals surface area contributed by atoms with Crippen LogP contribution < -0.4 is 5.32 Å². The standard InChI is InChI=1S/C12H25NO/c1-3-5-12(13-7-4-2)9-11-6-8-14-10-11/h11-13H,3-10H2,1-2H3. The summed E-state index contributed by atoms with van der Waals surface area (Å²) < 4.78 is 5.41. The fourth-order valence-electron chi connectivity index (χ4n) is 2.17. The summed E-state index contributed by atoms with van der Waals surface area (Å²) in [5.74, 6) is 0.816. The molecule has 1 heterocycles. The highest BCUT2D eigenvalue weighted by Crippen LogP contribution is 2.19. The minimum absolute atomic E-state index is 0.728. The Morgan fingerprint density at radius 1 is 1.36 bits per heavy atom. The van der Waals surface area contributed by atoms with Crippen LogP contribution in [0, 0.1) is 5.92 Å². The van der Waals surface area contributed by atoms with Gasteiger partial charge in [0.1, 0.15) is 0 Å². The zero-order valence-electron chi connectivity index (χ0n) is 9.72. The van der Waals surface area contributed by atoms with Crippen molar-refractivity contribution in [3.05, 3.63) is 0 Å². The molecule has 2 unspecified atom stereocenters. The van der Waals surface area contributed by atoms with Crippen LogP contribution in [0.5, 0.6) is 0 Å². The molecule has 1 fully saturated rings. The summed E-state index contributed by atoms with van der Waals surface area (Å²) in [6.45, 7) is 7.64. The predicted molar refractivity (Wildman–Crippen MR) is 60.5 cm³/mol. The highest BCUT2D eigenvalue weighted by molar-refractivity contribution is 4.74. The van der Waals surface area contributed by atoms with Gasteiger partial charge in [0, 0.05) is 19.3 Å². The Bertz CT molecular complexity index is 132. The summed E-state index contributed by atoms with van der Waals surface area (Å²) in [5.41, 5.74) is 0. The van der Waals surface area contributed by atoms with E-state index in [1.807, 2.05) is 0 Å². The second-order valence-electron chi connectivity index (χ2n) is 4.41. The van der Waals surface area contributed by atoms with Gasteiger partial charge in [0.05, 0.1) is 0 Å². The molecule has 1 rings (SSSR count). The molecule has 0 bridgehead atoms. The minimum Gasteiger partial charge on any atom is -0.381 e. The fourth-order valence-corrected chi connectivity index (χ4v) is 2.17. The Labute approximate surface area is 88.4 Å². The molecule has 0 radical (unpaired) electrons. The zero-order chi connectivity index (χ0) is 10.2. The molecule has 14 heavy (non-hydrogen) atoms. The van der Waals surface area contributed by atoms with E-state index >= 15 is 0 Å². The molecule has 1 aliphatic rings. The SMILES string of the molecule is CCCNC(CCC)CC1CCOC1. The van der Waals surface area contributed by atoms with Crippen molar-refractivity contribution < 1.29 is 4.74 Å². The van der Waals surface area contributed by atoms with Gasteiger partial charge in [0.15, 0.2) is 0 Å². The maximum atomic E-state index is 5.41. The average molecular weight is 199 g/mol. The number of hydrogen-bond donors (Lipinski definition) is 1. The van der Waals surface area contributed by atoms with Gasteiger partial charge in [-0.05, 0) is 38.1 Å². The zero-order valence-corrected chi connectivity index (χ0v) is 9.72. The van der Waals surface area contributed by atoms with E-state index in [1.54, 1.807) is 0 Å². The third kappa shape index (κ3) is 4.43. The van der Waals surface area contributed by atoms with Gasteiger partial charge in [-0.2, -0.15) is 0 Å². The lowest BCUT2D eigenvalue weighted by atomic mass is 9.96. The van der Waals surface area contributed by atoms with Gasteiger partial charge in [0.2, 0.25) is 0 Å². The van der Waals surface area contributed by atoms with Crippen molar-refractivity contribution in [3.63, 3.8) is 0 Å². The van der Waals surface area contributed by atoms with Gasteiger partial charge < -0.3 is 10.1 Å². The van der Waals surface area contributed by atoms with Crippen molar-refractivity contribution in [2.45, 2.75) is 52.0 Å². The molecule has 1 saturated heterocycles. The molecule has 1 N–H and O–H groups in total. The first-order chi connectivity index (χ1) is 6.86. The molecular weight excluding hydrogens is 174 g/mol. The Kier molecular flexibility index (Phi) is 6.20. The average Bonchev–Trinajstić information content (AvgIpc) is 2.67. The van der Waals surface area contributed by atoms with Crippen LogP contribution in [0.3, 0.4) is 0 Å². The second-order valence-corrected chi connectivity index (χ2v) is 4.41. The number of hydrogen-bond acceptors (Lipinski definition) is 2. The molecule has 2 heteroatoms. The van der Waals surface area contributed by atoms with Crippen LogP contribution in [-0.4, -0.2) is 25.8 Å². The molecule has 0 aromatic heterocycles. The van der Waals surface area contributed by atoms with Crippen LogP contribution >= 0.6 is 0 Å². The van der Waals surface area contributed by atoms with E-state index in [0.717, 1.165) is 31.7 Å². The molecule has 0 spiro atoms. The maximum absolute atomic E-state index is 5.41. The number of ether oxygens (including phenoxy) is 1. The molecule has 0 amide bonds. The third-order valence-corrected chi connectivity index (χ3v) is 2.96. The topological polar surface area (TPSA) is 21.3 Å². The van der Waals surface area contributed by atoms with E-state index in [2.05, 4.69) is 19.2 Å². The monoisotopic (exact) mass is 199 g/mol. The predicted octanol–water partition coefficient (Wildman–Crippen LogP) is 2.58. The van der Waals surface area contributed by atoms with Crippen LogP contribution in [0.25, 0.3) is 0 Å². The van der Waals surface area contributed by atoms with Crippen molar-refractivity contribution in [2.24, 2.45) is 5.92 Å². The normalized spacial score (nSPS) is 24.0. The summed E-state index contributed by atoms with van der Waals surface area (Å²) in [4.78, 5) is 0. The molecule has 1 aliphatic heterocycles. The van der Waals surface area contributed by atoms with Crippen LogP contribution in [0.2, 0.25) is 0 Å². The first-order valence-electron chi connectivity index (χ1n) is 6.18. The van der Waals surface area contributed by atoms with E-state index in [-0.39, 0.29) is 0 Å². The number of rotatable bonds is 7. The van der Waals surface area contributed by atoms with E-state index in [0.29, 0.717) is 0 Å². The van der Waals surface area contributed by atoms with E-state index < -0.39 is 0 Å². The molecular formula is C12H25NO. The van der Waals surface area contributed by atoms with E-state index in [4.69, 9.17) is 4.74 Å². The van der Waals surface area contributed by atoms with Crippen molar-refractivity contribution in [1.29, 1.82) is 0 Å². The fraction of sp³-hybridized carbons (Fsp3) is 1.00. The number of nitrogens with one attached hydrogen (secondary N) is 1. The summed E-state index contributed by atoms with van der Waals surface area (Å²) >= 11 is 0. The second kappa shape index (κ2) is 7.24. The van der Waals surface area contributed by atoms with Gasteiger partial charge in [-0.3, -0.25) is 0 Å². The summed E-state index contributed by atoms with van der Waals surface area (Å²) in [7, 11) is 0. The van der Waals surface area contributed by atoms with Crippen LogP contribution in [0.4, 0.5) is 0 Å². The summed E-state index contributed by atoms with van der Waals surface area (Å²) in [5, 5.41) is 3.64. The molecule has 0 aliphatic carbocycles. The van der Waals surface area contributed by atoms with Crippen molar-refractivity contribution in [2.75, 3.05) is 19.8 Å². The quantitative estimate of drug-likeness (QED) is 0.680. The molecule has 84 valence electrons. The molecule has 2 nitrogen and oxygen atoms in total. The Morgan fingerprint density at radius 3 is 2.79 bits per heavy atom. The molecule has 0 aromatic rings. The lowest BCUT2D eigenvalue weighted by molar-refractivity contribution is 0.181. The lowest BCUT2D eigenvalue weighted by Crippen LogP contribution is -2.31. The summed E-state index contributed by atoms with van der Waals surface area (Å²) in [6, 6.07) is 0.728. The Balaban J connectivity index is 2.18. The highest BCUT2D eigenvalue weighted by Gasteiger charge is 2.19. The first-order valence-corrected chi connectivity index (χ1v) is 6.18. The smallest absolute Gasteiger partial charge is 0.0495 e. The van der Waals surface area contributed by atoms with Crippen molar-refractivity contribution >= 4 is 0 Å². The minimum atomic E-state index is 0.728. The van der Waals surface area contributed by atoms with Gasteiger partial charge in [-0.25, -0.2) is 0 Å². The first kappa shape index (κ1) is 12.0. The van der Waals surface area contributed by atoms with Gasteiger partial charge in [0.25, 0.3) is 0 Å². The van der Waals surface area contributed by atoms with Gasteiger partial charge in [-0.15, -0.1) is 0 Å². The molecule has 2 atom stereocenters.